The Morgan fingerprint density at radius 1 is 1.47 bits per heavy atom. The van der Waals surface area contributed by atoms with E-state index < -0.39 is 11.9 Å². The fourth-order valence-corrected chi connectivity index (χ4v) is 1.35. The number of methoxy groups -OCH3 is 1. The molecule has 0 aromatic heterocycles. The summed E-state index contributed by atoms with van der Waals surface area (Å²) >= 11 is 0. The molecule has 1 unspecified atom stereocenters. The van der Waals surface area contributed by atoms with Gasteiger partial charge >= 0.3 is 0 Å². The van der Waals surface area contributed by atoms with Gasteiger partial charge in [-0.05, 0) is 17.7 Å². The number of hydrogen-bond donors (Lipinski definition) is 1. The molecule has 0 bridgehead atoms. The lowest BCUT2D eigenvalue weighted by molar-refractivity contribution is 0.198. The van der Waals surface area contributed by atoms with Crippen molar-refractivity contribution in [2.45, 2.75) is 6.04 Å². The van der Waals surface area contributed by atoms with Gasteiger partial charge in [-0.2, -0.15) is 10.5 Å². The van der Waals surface area contributed by atoms with Crippen LogP contribution in [0.2, 0.25) is 0 Å². The van der Waals surface area contributed by atoms with E-state index in [1.165, 1.54) is 18.2 Å². The van der Waals surface area contributed by atoms with Crippen LogP contribution in [0.15, 0.2) is 18.2 Å². The van der Waals surface area contributed by atoms with Crippen molar-refractivity contribution in [3.63, 3.8) is 0 Å². The Bertz CT molecular complexity index is 462. The van der Waals surface area contributed by atoms with Crippen LogP contribution in [0, 0.1) is 28.5 Å². The summed E-state index contributed by atoms with van der Waals surface area (Å²) in [5.74, 6) is -0.579. The molecule has 17 heavy (non-hydrogen) atoms. The maximum absolute atomic E-state index is 13.1. The number of nitriles is 2. The highest BCUT2D eigenvalue weighted by molar-refractivity contribution is 5.37. The third-order valence-corrected chi connectivity index (χ3v) is 2.23. The van der Waals surface area contributed by atoms with Crippen molar-refractivity contribution < 1.29 is 9.13 Å². The van der Waals surface area contributed by atoms with Gasteiger partial charge in [0.1, 0.15) is 17.9 Å². The van der Waals surface area contributed by atoms with Crippen molar-refractivity contribution in [3.8, 4) is 12.1 Å². The standard InChI is InChI=1S/C12H12FN3O/c1-17-5-4-16-12(8-15)9-2-3-11(13)10(6-9)7-14/h2-3,6,12,16H,4-5H2,1H3. The molecule has 4 nitrogen and oxygen atoms in total. The van der Waals surface area contributed by atoms with Crippen molar-refractivity contribution in [1.29, 1.82) is 10.5 Å². The minimum Gasteiger partial charge on any atom is -0.383 e. The van der Waals surface area contributed by atoms with Crippen LogP contribution in [0.4, 0.5) is 4.39 Å². The Balaban J connectivity index is 2.83. The quantitative estimate of drug-likeness (QED) is 0.782. The summed E-state index contributed by atoms with van der Waals surface area (Å²) in [6, 6.07) is 7.28. The summed E-state index contributed by atoms with van der Waals surface area (Å²) < 4.78 is 18.0. The topological polar surface area (TPSA) is 68.8 Å². The number of hydrogen-bond acceptors (Lipinski definition) is 4. The lowest BCUT2D eigenvalue weighted by atomic mass is 10.0. The van der Waals surface area contributed by atoms with Crippen molar-refractivity contribution in [2.24, 2.45) is 0 Å². The molecule has 5 heteroatoms. The molecule has 0 aliphatic carbocycles. The van der Waals surface area contributed by atoms with Crippen molar-refractivity contribution >= 4 is 0 Å². The fraction of sp³-hybridized carbons (Fsp3) is 0.333. The Kier molecular flexibility index (Phi) is 5.09. The van der Waals surface area contributed by atoms with Gasteiger partial charge in [0.15, 0.2) is 0 Å². The Labute approximate surface area is 99.2 Å². The van der Waals surface area contributed by atoms with E-state index in [1.54, 1.807) is 13.2 Å². The summed E-state index contributed by atoms with van der Waals surface area (Å²) in [6.07, 6.45) is 0. The molecular weight excluding hydrogens is 221 g/mol. The molecule has 1 aromatic rings. The highest BCUT2D eigenvalue weighted by atomic mass is 19.1. The van der Waals surface area contributed by atoms with Gasteiger partial charge < -0.3 is 4.74 Å². The van der Waals surface area contributed by atoms with Crippen LogP contribution in [-0.2, 0) is 4.74 Å². The molecule has 0 radical (unpaired) electrons. The largest absolute Gasteiger partial charge is 0.383 e. The number of benzene rings is 1. The highest BCUT2D eigenvalue weighted by Gasteiger charge is 2.12. The summed E-state index contributed by atoms with van der Waals surface area (Å²) in [4.78, 5) is 0. The first-order valence-electron chi connectivity index (χ1n) is 5.04. The number of nitrogens with zero attached hydrogens (tertiary/aromatic N) is 2. The summed E-state index contributed by atoms with van der Waals surface area (Å²) in [7, 11) is 1.56. The minimum absolute atomic E-state index is 0.0590. The van der Waals surface area contributed by atoms with Crippen molar-refractivity contribution in [2.75, 3.05) is 20.3 Å². The van der Waals surface area contributed by atoms with Crippen LogP contribution in [0.1, 0.15) is 17.2 Å². The van der Waals surface area contributed by atoms with Crippen molar-refractivity contribution in [3.05, 3.63) is 35.1 Å². The molecular formula is C12H12FN3O. The van der Waals surface area contributed by atoms with Gasteiger partial charge in [0.2, 0.25) is 0 Å². The van der Waals surface area contributed by atoms with E-state index in [4.69, 9.17) is 15.3 Å². The summed E-state index contributed by atoms with van der Waals surface area (Å²) in [6.45, 7) is 0.985. The van der Waals surface area contributed by atoms with E-state index in [2.05, 4.69) is 5.32 Å². The monoisotopic (exact) mass is 233 g/mol. The number of halogens is 1. The Morgan fingerprint density at radius 2 is 2.24 bits per heavy atom. The molecule has 0 aliphatic rings. The molecule has 0 fully saturated rings. The molecule has 1 atom stereocenters. The third-order valence-electron chi connectivity index (χ3n) is 2.23. The smallest absolute Gasteiger partial charge is 0.140 e. The van der Waals surface area contributed by atoms with E-state index in [-0.39, 0.29) is 5.56 Å². The van der Waals surface area contributed by atoms with Crippen molar-refractivity contribution in [1.82, 2.24) is 5.32 Å². The Morgan fingerprint density at radius 3 is 2.82 bits per heavy atom. The molecule has 1 N–H and O–H groups in total. The second kappa shape index (κ2) is 6.59. The summed E-state index contributed by atoms with van der Waals surface area (Å²) in [5.41, 5.74) is 0.512. The lowest BCUT2D eigenvalue weighted by Gasteiger charge is -2.11. The maximum atomic E-state index is 13.1. The van der Waals surface area contributed by atoms with Crippen LogP contribution >= 0.6 is 0 Å². The first kappa shape index (κ1) is 13.1. The predicted octanol–water partition coefficient (Wildman–Crippen LogP) is 1.50. The molecule has 1 rings (SSSR count). The SMILES string of the molecule is COCCNC(C#N)c1ccc(F)c(C#N)c1. The maximum Gasteiger partial charge on any atom is 0.140 e. The van der Waals surface area contributed by atoms with Gasteiger partial charge in [-0.3, -0.25) is 5.32 Å². The average Bonchev–Trinajstić information content (AvgIpc) is 2.36. The molecule has 88 valence electrons. The van der Waals surface area contributed by atoms with E-state index >= 15 is 0 Å². The number of ether oxygens (including phenoxy) is 1. The zero-order chi connectivity index (χ0) is 12.7. The van der Waals surface area contributed by atoms with E-state index in [1.807, 2.05) is 6.07 Å². The van der Waals surface area contributed by atoms with E-state index in [0.717, 1.165) is 0 Å². The molecule has 1 aromatic carbocycles. The second-order valence-electron chi connectivity index (χ2n) is 3.36. The minimum atomic E-state index is -0.579. The summed E-state index contributed by atoms with van der Waals surface area (Å²) in [5, 5.41) is 20.6. The molecule has 0 amide bonds. The highest BCUT2D eigenvalue weighted by Crippen LogP contribution is 2.16. The van der Waals surface area contributed by atoms with Gasteiger partial charge in [-0.1, -0.05) is 6.07 Å². The normalized spacial score (nSPS) is 11.5. The van der Waals surface area contributed by atoms with Crippen LogP contribution in [0.3, 0.4) is 0 Å². The van der Waals surface area contributed by atoms with Crippen LogP contribution in [0.25, 0.3) is 0 Å². The van der Waals surface area contributed by atoms with Gasteiger partial charge in [0, 0.05) is 13.7 Å². The first-order chi connectivity index (χ1) is 8.22. The predicted molar refractivity (Wildman–Crippen MR) is 59.3 cm³/mol. The molecule has 0 saturated carbocycles. The molecule has 0 heterocycles. The van der Waals surface area contributed by atoms with Gasteiger partial charge in [-0.25, -0.2) is 4.39 Å². The third kappa shape index (κ3) is 3.53. The number of rotatable bonds is 5. The molecule has 0 spiro atoms. The van der Waals surface area contributed by atoms with Gasteiger partial charge in [-0.15, -0.1) is 0 Å². The molecule has 0 saturated heterocycles. The second-order valence-corrected chi connectivity index (χ2v) is 3.36. The van der Waals surface area contributed by atoms with E-state index in [9.17, 15) is 4.39 Å². The molecule has 0 aliphatic heterocycles. The lowest BCUT2D eigenvalue weighted by Crippen LogP contribution is -2.24. The number of nitrogens with one attached hydrogen (secondary N) is 1. The average molecular weight is 233 g/mol. The van der Waals surface area contributed by atoms with Crippen LogP contribution in [0.5, 0.6) is 0 Å². The Hall–Kier alpha value is -1.95. The van der Waals surface area contributed by atoms with Crippen LogP contribution < -0.4 is 5.32 Å². The van der Waals surface area contributed by atoms with Gasteiger partial charge in [0.05, 0.1) is 18.2 Å². The zero-order valence-corrected chi connectivity index (χ0v) is 9.40. The van der Waals surface area contributed by atoms with Gasteiger partial charge in [0.25, 0.3) is 0 Å². The zero-order valence-electron chi connectivity index (χ0n) is 9.40. The van der Waals surface area contributed by atoms with Crippen LogP contribution in [-0.4, -0.2) is 20.3 Å². The van der Waals surface area contributed by atoms with E-state index in [0.29, 0.717) is 18.7 Å². The fourth-order valence-electron chi connectivity index (χ4n) is 1.35. The first-order valence-corrected chi connectivity index (χ1v) is 5.04.